The molecule has 1 aliphatic rings. The van der Waals surface area contributed by atoms with Crippen LogP contribution in [0.1, 0.15) is 46.1 Å². The summed E-state index contributed by atoms with van der Waals surface area (Å²) in [5, 5.41) is 3.94. The average Bonchev–Trinajstić information content (AvgIpc) is 3.34. The van der Waals surface area contributed by atoms with Crippen molar-refractivity contribution in [3.05, 3.63) is 40.6 Å². The van der Waals surface area contributed by atoms with Crippen molar-refractivity contribution < 1.29 is 4.79 Å². The van der Waals surface area contributed by atoms with Gasteiger partial charge in [-0.25, -0.2) is 14.6 Å². The number of pyridine rings is 1. The van der Waals surface area contributed by atoms with Crippen molar-refractivity contribution in [3.63, 3.8) is 0 Å². The minimum atomic E-state index is -0.153. The van der Waals surface area contributed by atoms with Crippen LogP contribution in [-0.2, 0) is 0 Å². The Bertz CT molecular complexity index is 1140. The molecule has 0 spiro atoms. The Morgan fingerprint density at radius 2 is 2.27 bits per heavy atom. The molecule has 3 aromatic heterocycles. The first-order valence-corrected chi connectivity index (χ1v) is 10.7. The third-order valence-corrected chi connectivity index (χ3v) is 6.27. The molecule has 0 aliphatic carbocycles. The van der Waals surface area contributed by atoms with Crippen LogP contribution in [0.4, 0.5) is 4.79 Å². The van der Waals surface area contributed by atoms with E-state index in [1.807, 2.05) is 21.7 Å². The van der Waals surface area contributed by atoms with Crippen LogP contribution in [0.2, 0.25) is 0 Å². The number of imidazole rings is 1. The Labute approximate surface area is 175 Å². The van der Waals surface area contributed by atoms with E-state index in [0.717, 1.165) is 41.3 Å². The second kappa shape index (κ2) is 8.38. The highest BCUT2D eigenvalue weighted by atomic mass is 16.2. The highest BCUT2D eigenvalue weighted by molar-refractivity contribution is 6.00. The van der Waals surface area contributed by atoms with Crippen molar-refractivity contribution in [2.45, 2.75) is 46.1 Å². The minimum absolute atomic E-state index is 0.0594. The van der Waals surface area contributed by atoms with Crippen LogP contribution in [-0.4, -0.2) is 50.1 Å². The van der Waals surface area contributed by atoms with E-state index < -0.39 is 0 Å². The number of fused-ring (bicyclic) bond motifs is 3. The van der Waals surface area contributed by atoms with Gasteiger partial charge in [0.2, 0.25) is 0 Å². The van der Waals surface area contributed by atoms with Gasteiger partial charge < -0.3 is 20.2 Å². The number of nitrogens with zero attached hydrogens (tertiary/aromatic N) is 3. The molecule has 2 amide bonds. The molecule has 4 rings (SSSR count). The van der Waals surface area contributed by atoms with Crippen molar-refractivity contribution in [2.75, 3.05) is 19.6 Å². The number of rotatable bonds is 5. The van der Waals surface area contributed by atoms with Gasteiger partial charge in [-0.3, -0.25) is 4.57 Å². The number of urea groups is 1. The van der Waals surface area contributed by atoms with Crippen molar-refractivity contribution in [1.82, 2.24) is 29.7 Å². The summed E-state index contributed by atoms with van der Waals surface area (Å²) in [6, 6.07) is 1.79. The van der Waals surface area contributed by atoms with Crippen LogP contribution < -0.4 is 11.0 Å². The van der Waals surface area contributed by atoms with Gasteiger partial charge in [0, 0.05) is 31.2 Å². The maximum atomic E-state index is 12.9. The number of carbonyl (C=O) groups excluding carboxylic acids is 1. The number of hydrogen-bond acceptors (Lipinski definition) is 3. The summed E-state index contributed by atoms with van der Waals surface area (Å²) in [6.07, 6.45) is 8.41. The molecule has 1 saturated heterocycles. The van der Waals surface area contributed by atoms with E-state index in [9.17, 15) is 9.59 Å². The SMILES string of the molecule is CC/C(C)=C/CCNC(=O)N1CCC(C)C(n2c(=O)[nH]c3cnc4[nH]ccc4c32)C1. The van der Waals surface area contributed by atoms with Crippen LogP contribution in [0.25, 0.3) is 22.1 Å². The van der Waals surface area contributed by atoms with Crippen molar-refractivity contribution in [2.24, 2.45) is 5.92 Å². The predicted molar refractivity (Wildman–Crippen MR) is 119 cm³/mol. The number of nitrogens with one attached hydrogen (secondary N) is 3. The van der Waals surface area contributed by atoms with Gasteiger partial charge >= 0.3 is 11.7 Å². The molecule has 30 heavy (non-hydrogen) atoms. The molecule has 2 atom stereocenters. The first kappa shape index (κ1) is 20.3. The monoisotopic (exact) mass is 410 g/mol. The molecule has 1 fully saturated rings. The molecule has 2 unspecified atom stereocenters. The molecule has 0 bridgehead atoms. The number of aromatic amines is 2. The lowest BCUT2D eigenvalue weighted by Crippen LogP contribution is -2.49. The third kappa shape index (κ3) is 3.74. The summed E-state index contributed by atoms with van der Waals surface area (Å²) >= 11 is 0. The summed E-state index contributed by atoms with van der Waals surface area (Å²) in [7, 11) is 0. The standard InChI is InChI=1S/C22H30N6O2/c1-4-14(2)6-5-9-24-21(29)27-11-8-15(3)18(13-27)28-19-16-7-10-23-20(16)25-12-17(19)26-22(28)30/h6-7,10,12,15,18H,4-5,8-9,11,13H2,1-3H3,(H,23,25)(H,24,29)(H,26,30)/b14-6+. The van der Waals surface area contributed by atoms with Gasteiger partial charge in [-0.2, -0.15) is 0 Å². The molecule has 3 N–H and O–H groups in total. The second-order valence-corrected chi connectivity index (χ2v) is 8.26. The zero-order valence-corrected chi connectivity index (χ0v) is 17.9. The van der Waals surface area contributed by atoms with Crippen LogP contribution >= 0.6 is 0 Å². The van der Waals surface area contributed by atoms with Crippen molar-refractivity contribution in [1.29, 1.82) is 0 Å². The van der Waals surface area contributed by atoms with Gasteiger partial charge in [0.05, 0.1) is 23.3 Å². The molecule has 1 aliphatic heterocycles. The van der Waals surface area contributed by atoms with Crippen LogP contribution in [0.15, 0.2) is 34.9 Å². The van der Waals surface area contributed by atoms with E-state index >= 15 is 0 Å². The molecule has 3 aromatic rings. The second-order valence-electron chi connectivity index (χ2n) is 8.26. The Kier molecular flexibility index (Phi) is 5.65. The highest BCUT2D eigenvalue weighted by Gasteiger charge is 2.32. The first-order valence-electron chi connectivity index (χ1n) is 10.7. The van der Waals surface area contributed by atoms with Gasteiger partial charge in [-0.15, -0.1) is 0 Å². The fourth-order valence-electron chi connectivity index (χ4n) is 4.26. The van der Waals surface area contributed by atoms with E-state index in [2.05, 4.69) is 47.1 Å². The number of likely N-dealkylation sites (tertiary alicyclic amines) is 1. The molecule has 0 aromatic carbocycles. The number of piperidine rings is 1. The average molecular weight is 411 g/mol. The lowest BCUT2D eigenvalue weighted by atomic mass is 9.93. The van der Waals surface area contributed by atoms with Gasteiger partial charge in [0.15, 0.2) is 0 Å². The topological polar surface area (TPSA) is 98.8 Å². The Hall–Kier alpha value is -3.03. The Morgan fingerprint density at radius 1 is 1.43 bits per heavy atom. The van der Waals surface area contributed by atoms with E-state index in [1.165, 1.54) is 5.57 Å². The van der Waals surface area contributed by atoms with E-state index in [-0.39, 0.29) is 23.7 Å². The Morgan fingerprint density at radius 3 is 3.07 bits per heavy atom. The third-order valence-electron chi connectivity index (χ3n) is 6.27. The van der Waals surface area contributed by atoms with Crippen molar-refractivity contribution >= 4 is 28.1 Å². The maximum absolute atomic E-state index is 12.9. The van der Waals surface area contributed by atoms with Gasteiger partial charge in [0.1, 0.15) is 5.65 Å². The Balaban J connectivity index is 1.56. The number of hydrogen-bond donors (Lipinski definition) is 3. The van der Waals surface area contributed by atoms with Crippen LogP contribution in [0.3, 0.4) is 0 Å². The summed E-state index contributed by atoms with van der Waals surface area (Å²) in [5.74, 6) is 0.281. The van der Waals surface area contributed by atoms with Crippen molar-refractivity contribution in [3.8, 4) is 0 Å². The van der Waals surface area contributed by atoms with E-state index in [4.69, 9.17) is 0 Å². The van der Waals surface area contributed by atoms with Gasteiger partial charge in [-0.05, 0) is 38.2 Å². The van der Waals surface area contributed by atoms with Gasteiger partial charge in [-0.1, -0.05) is 25.5 Å². The van der Waals surface area contributed by atoms with E-state index in [0.29, 0.717) is 19.6 Å². The molecular formula is C22H30N6O2. The maximum Gasteiger partial charge on any atom is 0.326 e. The highest BCUT2D eigenvalue weighted by Crippen LogP contribution is 2.31. The zero-order chi connectivity index (χ0) is 21.3. The lowest BCUT2D eigenvalue weighted by molar-refractivity contribution is 0.140. The lowest BCUT2D eigenvalue weighted by Gasteiger charge is -2.37. The van der Waals surface area contributed by atoms with Gasteiger partial charge in [0.25, 0.3) is 0 Å². The minimum Gasteiger partial charge on any atom is -0.346 e. The number of carbonyl (C=O) groups is 1. The fraction of sp³-hybridized carbons (Fsp3) is 0.500. The summed E-state index contributed by atoms with van der Waals surface area (Å²) in [4.78, 5) is 37.9. The predicted octanol–water partition coefficient (Wildman–Crippen LogP) is 3.54. The number of allylic oxidation sites excluding steroid dienone is 1. The summed E-state index contributed by atoms with van der Waals surface area (Å²) in [5.41, 5.74) is 3.51. The largest absolute Gasteiger partial charge is 0.346 e. The molecular weight excluding hydrogens is 380 g/mol. The molecule has 0 radical (unpaired) electrons. The fourth-order valence-corrected chi connectivity index (χ4v) is 4.26. The molecule has 160 valence electrons. The molecule has 8 heteroatoms. The quantitative estimate of drug-likeness (QED) is 0.443. The van der Waals surface area contributed by atoms with Crippen LogP contribution in [0.5, 0.6) is 0 Å². The first-order chi connectivity index (χ1) is 14.5. The van der Waals surface area contributed by atoms with Crippen LogP contribution in [0, 0.1) is 5.92 Å². The summed E-state index contributed by atoms with van der Waals surface area (Å²) in [6.45, 7) is 8.22. The normalized spacial score (nSPS) is 20.2. The number of aromatic nitrogens is 4. The number of H-pyrrole nitrogens is 2. The smallest absolute Gasteiger partial charge is 0.326 e. The summed E-state index contributed by atoms with van der Waals surface area (Å²) < 4.78 is 1.82. The molecule has 0 saturated carbocycles. The number of amides is 2. The van der Waals surface area contributed by atoms with E-state index in [1.54, 1.807) is 6.20 Å². The molecule has 8 nitrogen and oxygen atoms in total. The molecule has 4 heterocycles. The zero-order valence-electron chi connectivity index (χ0n) is 17.9.